The van der Waals surface area contributed by atoms with Crippen LogP contribution in [0, 0.1) is 0 Å². The van der Waals surface area contributed by atoms with Crippen LogP contribution in [-0.2, 0) is 4.79 Å². The molecule has 1 aromatic carbocycles. The van der Waals surface area contributed by atoms with Crippen molar-refractivity contribution in [3.8, 4) is 5.75 Å². The number of nitrogens with one attached hydrogen (secondary N) is 2. The van der Waals surface area contributed by atoms with Crippen molar-refractivity contribution in [1.29, 1.82) is 0 Å². The van der Waals surface area contributed by atoms with E-state index in [0.29, 0.717) is 18.9 Å². The van der Waals surface area contributed by atoms with Crippen molar-refractivity contribution in [2.24, 2.45) is 0 Å². The number of carboxylic acids is 1. The number of benzene rings is 1. The number of carboxylic acid groups (broad SMARTS) is 1. The van der Waals surface area contributed by atoms with Crippen LogP contribution in [0.2, 0.25) is 0 Å². The molecule has 0 aliphatic carbocycles. The van der Waals surface area contributed by atoms with E-state index in [4.69, 9.17) is 9.84 Å². The average molecular weight is 266 g/mol. The lowest BCUT2D eigenvalue weighted by Gasteiger charge is -2.12. The van der Waals surface area contributed by atoms with Gasteiger partial charge in [0.1, 0.15) is 12.4 Å². The Morgan fingerprint density at radius 2 is 1.95 bits per heavy atom. The van der Waals surface area contributed by atoms with Gasteiger partial charge in [0.2, 0.25) is 5.91 Å². The van der Waals surface area contributed by atoms with Gasteiger partial charge in [-0.2, -0.15) is 0 Å². The van der Waals surface area contributed by atoms with Crippen molar-refractivity contribution in [2.45, 2.75) is 13.0 Å². The van der Waals surface area contributed by atoms with Gasteiger partial charge in [-0.25, -0.2) is 4.79 Å². The molecule has 0 fully saturated rings. The van der Waals surface area contributed by atoms with Crippen molar-refractivity contribution in [3.05, 3.63) is 29.8 Å². The zero-order valence-corrected chi connectivity index (χ0v) is 11.0. The van der Waals surface area contributed by atoms with Gasteiger partial charge in [0.05, 0.1) is 11.6 Å². The Hall–Kier alpha value is -2.08. The van der Waals surface area contributed by atoms with Gasteiger partial charge < -0.3 is 20.5 Å². The van der Waals surface area contributed by atoms with Crippen LogP contribution in [0.25, 0.3) is 0 Å². The molecule has 0 radical (unpaired) electrons. The maximum atomic E-state index is 11.2. The highest BCUT2D eigenvalue weighted by molar-refractivity contribution is 5.87. The molecule has 0 bridgehead atoms. The molecular weight excluding hydrogens is 248 g/mol. The van der Waals surface area contributed by atoms with Crippen LogP contribution in [-0.4, -0.2) is 43.2 Å². The zero-order valence-electron chi connectivity index (χ0n) is 11.0. The Morgan fingerprint density at radius 3 is 2.47 bits per heavy atom. The molecule has 0 heterocycles. The second-order valence-corrected chi connectivity index (χ2v) is 3.97. The lowest BCUT2D eigenvalue weighted by Crippen LogP contribution is -2.42. The van der Waals surface area contributed by atoms with Gasteiger partial charge in [-0.15, -0.1) is 0 Å². The van der Waals surface area contributed by atoms with Crippen molar-refractivity contribution in [2.75, 3.05) is 20.2 Å². The molecule has 0 saturated heterocycles. The summed E-state index contributed by atoms with van der Waals surface area (Å²) in [6, 6.07) is 5.90. The number of hydrogen-bond donors (Lipinski definition) is 3. The van der Waals surface area contributed by atoms with Gasteiger partial charge in [-0.1, -0.05) is 0 Å². The molecule has 1 unspecified atom stereocenters. The fourth-order valence-corrected chi connectivity index (χ4v) is 1.45. The predicted octanol–water partition coefficient (Wildman–Crippen LogP) is 0.488. The molecule has 1 aromatic rings. The van der Waals surface area contributed by atoms with E-state index in [1.807, 2.05) is 0 Å². The largest absolute Gasteiger partial charge is 0.492 e. The van der Waals surface area contributed by atoms with E-state index in [9.17, 15) is 9.59 Å². The van der Waals surface area contributed by atoms with Gasteiger partial charge >= 0.3 is 5.97 Å². The highest BCUT2D eigenvalue weighted by Crippen LogP contribution is 2.11. The van der Waals surface area contributed by atoms with E-state index in [0.717, 1.165) is 0 Å². The molecule has 0 saturated carbocycles. The van der Waals surface area contributed by atoms with Gasteiger partial charge in [-0.05, 0) is 31.2 Å². The molecule has 6 heteroatoms. The van der Waals surface area contributed by atoms with E-state index in [2.05, 4.69) is 10.6 Å². The fraction of sp³-hybridized carbons (Fsp3) is 0.385. The quantitative estimate of drug-likeness (QED) is 0.625. The second-order valence-electron chi connectivity index (χ2n) is 3.97. The monoisotopic (exact) mass is 266 g/mol. The summed E-state index contributed by atoms with van der Waals surface area (Å²) in [6.45, 7) is 2.68. The number of ether oxygens (including phenoxy) is 1. The first-order chi connectivity index (χ1) is 9.04. The van der Waals surface area contributed by atoms with Gasteiger partial charge in [0.15, 0.2) is 0 Å². The highest BCUT2D eigenvalue weighted by Gasteiger charge is 2.08. The maximum Gasteiger partial charge on any atom is 0.335 e. The van der Waals surface area contributed by atoms with Crippen molar-refractivity contribution >= 4 is 11.9 Å². The normalized spacial score (nSPS) is 11.7. The molecule has 6 nitrogen and oxygen atoms in total. The SMILES string of the molecule is CNC(=O)C(C)NCCOc1ccc(C(=O)O)cc1. The summed E-state index contributed by atoms with van der Waals surface area (Å²) >= 11 is 0. The zero-order chi connectivity index (χ0) is 14.3. The molecule has 0 aromatic heterocycles. The standard InChI is InChI=1S/C13H18N2O4/c1-9(12(16)14-2)15-7-8-19-11-5-3-10(4-6-11)13(17)18/h3-6,9,15H,7-8H2,1-2H3,(H,14,16)(H,17,18). The molecular formula is C13H18N2O4. The first-order valence-corrected chi connectivity index (χ1v) is 5.95. The number of likely N-dealkylation sites (N-methyl/N-ethyl adjacent to an activating group) is 1. The summed E-state index contributed by atoms with van der Waals surface area (Å²) in [6.07, 6.45) is 0. The lowest BCUT2D eigenvalue weighted by atomic mass is 10.2. The summed E-state index contributed by atoms with van der Waals surface area (Å²) in [5.74, 6) is -0.446. The third kappa shape index (κ3) is 4.97. The number of aromatic carboxylic acids is 1. The summed E-state index contributed by atoms with van der Waals surface area (Å²) in [7, 11) is 1.58. The summed E-state index contributed by atoms with van der Waals surface area (Å²) in [4.78, 5) is 21.9. The van der Waals surface area contributed by atoms with E-state index >= 15 is 0 Å². The predicted molar refractivity (Wildman–Crippen MR) is 70.4 cm³/mol. The van der Waals surface area contributed by atoms with Crippen LogP contribution in [0.5, 0.6) is 5.75 Å². The molecule has 104 valence electrons. The maximum absolute atomic E-state index is 11.2. The first kappa shape index (κ1) is 15.0. The Balaban J connectivity index is 2.29. The van der Waals surface area contributed by atoms with Crippen molar-refractivity contribution in [3.63, 3.8) is 0 Å². The lowest BCUT2D eigenvalue weighted by molar-refractivity contribution is -0.122. The number of rotatable bonds is 7. The highest BCUT2D eigenvalue weighted by atomic mass is 16.5. The Kier molecular flexibility index (Phi) is 5.81. The fourth-order valence-electron chi connectivity index (χ4n) is 1.45. The van der Waals surface area contributed by atoms with Crippen LogP contribution in [0.3, 0.4) is 0 Å². The number of carbonyl (C=O) groups excluding carboxylic acids is 1. The second kappa shape index (κ2) is 7.38. The molecule has 1 rings (SSSR count). The third-order valence-electron chi connectivity index (χ3n) is 2.56. The van der Waals surface area contributed by atoms with Crippen molar-refractivity contribution < 1.29 is 19.4 Å². The van der Waals surface area contributed by atoms with Gasteiger partial charge in [-0.3, -0.25) is 4.79 Å². The van der Waals surface area contributed by atoms with Gasteiger partial charge in [0, 0.05) is 13.6 Å². The number of hydrogen-bond acceptors (Lipinski definition) is 4. The Labute approximate surface area is 111 Å². The van der Waals surface area contributed by atoms with E-state index < -0.39 is 5.97 Å². The minimum Gasteiger partial charge on any atom is -0.492 e. The number of amides is 1. The third-order valence-corrected chi connectivity index (χ3v) is 2.56. The number of carbonyl (C=O) groups is 2. The first-order valence-electron chi connectivity index (χ1n) is 5.95. The van der Waals surface area contributed by atoms with Crippen LogP contribution in [0.4, 0.5) is 0 Å². The molecule has 1 atom stereocenters. The van der Waals surface area contributed by atoms with Crippen LogP contribution in [0.1, 0.15) is 17.3 Å². The summed E-state index contributed by atoms with van der Waals surface area (Å²) < 4.78 is 5.42. The minimum atomic E-state index is -0.965. The van der Waals surface area contributed by atoms with Crippen LogP contribution < -0.4 is 15.4 Å². The molecule has 0 aliphatic heterocycles. The molecule has 0 aliphatic rings. The minimum absolute atomic E-state index is 0.0780. The summed E-state index contributed by atoms with van der Waals surface area (Å²) in [5, 5.41) is 14.3. The van der Waals surface area contributed by atoms with E-state index in [1.54, 1.807) is 26.1 Å². The Morgan fingerprint density at radius 1 is 1.32 bits per heavy atom. The Bertz CT molecular complexity index is 431. The smallest absolute Gasteiger partial charge is 0.335 e. The van der Waals surface area contributed by atoms with E-state index in [1.165, 1.54) is 12.1 Å². The van der Waals surface area contributed by atoms with Crippen LogP contribution in [0.15, 0.2) is 24.3 Å². The van der Waals surface area contributed by atoms with E-state index in [-0.39, 0.29) is 17.5 Å². The molecule has 0 spiro atoms. The van der Waals surface area contributed by atoms with Crippen LogP contribution >= 0.6 is 0 Å². The van der Waals surface area contributed by atoms with Crippen molar-refractivity contribution in [1.82, 2.24) is 10.6 Å². The molecule has 3 N–H and O–H groups in total. The molecule has 19 heavy (non-hydrogen) atoms. The summed E-state index contributed by atoms with van der Waals surface area (Å²) in [5.41, 5.74) is 0.221. The topological polar surface area (TPSA) is 87.7 Å². The average Bonchev–Trinajstić information content (AvgIpc) is 2.42. The van der Waals surface area contributed by atoms with Gasteiger partial charge in [0.25, 0.3) is 0 Å². The molecule has 1 amide bonds.